The Morgan fingerprint density at radius 2 is 1.53 bits per heavy atom. The topological polar surface area (TPSA) is 70.7 Å². The number of carbonyl (C=O) groups is 2. The van der Waals surface area contributed by atoms with Gasteiger partial charge in [0.15, 0.2) is 0 Å². The fourth-order valence-electron chi connectivity index (χ4n) is 3.05. The van der Waals surface area contributed by atoms with E-state index in [0.717, 1.165) is 5.56 Å². The van der Waals surface area contributed by atoms with Gasteiger partial charge in [-0.15, -0.1) is 0 Å². The van der Waals surface area contributed by atoms with Crippen LogP contribution in [0.3, 0.4) is 0 Å². The van der Waals surface area contributed by atoms with E-state index < -0.39 is 0 Å². The number of methoxy groups -OCH3 is 1. The summed E-state index contributed by atoms with van der Waals surface area (Å²) in [5.74, 6) is 0.229. The molecule has 0 heterocycles. The summed E-state index contributed by atoms with van der Waals surface area (Å²) in [5, 5.41) is 5.69. The normalized spacial score (nSPS) is 10.5. The molecule has 2 N–H and O–H groups in total. The molecule has 154 valence electrons. The zero-order chi connectivity index (χ0) is 21.3. The van der Waals surface area contributed by atoms with Gasteiger partial charge in [-0.05, 0) is 49.0 Å². The monoisotopic (exact) mass is 403 g/mol. The summed E-state index contributed by atoms with van der Waals surface area (Å²) in [4.78, 5) is 27.2. The average molecular weight is 403 g/mol. The van der Waals surface area contributed by atoms with Gasteiger partial charge in [0, 0.05) is 12.2 Å². The van der Waals surface area contributed by atoms with E-state index in [-0.39, 0.29) is 18.4 Å². The maximum atomic E-state index is 12.7. The van der Waals surface area contributed by atoms with Gasteiger partial charge in [0.25, 0.3) is 5.91 Å². The van der Waals surface area contributed by atoms with Crippen molar-refractivity contribution in [3.8, 4) is 5.75 Å². The minimum absolute atomic E-state index is 0.182. The van der Waals surface area contributed by atoms with Crippen LogP contribution in [0.25, 0.3) is 0 Å². The van der Waals surface area contributed by atoms with E-state index in [2.05, 4.69) is 10.6 Å². The molecular formula is C24H25N3O3. The van der Waals surface area contributed by atoms with Gasteiger partial charge >= 0.3 is 0 Å². The van der Waals surface area contributed by atoms with Crippen LogP contribution in [0.2, 0.25) is 0 Å². The first-order valence-corrected chi connectivity index (χ1v) is 9.62. The van der Waals surface area contributed by atoms with Gasteiger partial charge in [0.05, 0.1) is 24.9 Å². The molecule has 0 spiro atoms. The highest BCUT2D eigenvalue weighted by molar-refractivity contribution is 6.10. The van der Waals surface area contributed by atoms with Crippen molar-refractivity contribution in [2.75, 3.05) is 31.3 Å². The van der Waals surface area contributed by atoms with Gasteiger partial charge in [-0.2, -0.15) is 0 Å². The fraction of sp³-hybridized carbons (Fsp3) is 0.167. The summed E-state index contributed by atoms with van der Waals surface area (Å²) in [6.45, 7) is 0.872. The van der Waals surface area contributed by atoms with Crippen molar-refractivity contribution in [1.29, 1.82) is 0 Å². The Hall–Kier alpha value is -3.64. The van der Waals surface area contributed by atoms with Crippen molar-refractivity contribution >= 4 is 23.2 Å². The molecule has 0 bridgehead atoms. The molecule has 3 aromatic rings. The molecule has 0 aliphatic heterocycles. The number of rotatable bonds is 8. The number of ether oxygens (including phenoxy) is 1. The van der Waals surface area contributed by atoms with E-state index in [0.29, 0.717) is 29.2 Å². The summed E-state index contributed by atoms with van der Waals surface area (Å²) in [6.07, 6.45) is 0. The van der Waals surface area contributed by atoms with Gasteiger partial charge in [0.2, 0.25) is 5.91 Å². The summed E-state index contributed by atoms with van der Waals surface area (Å²) in [7, 11) is 3.47. The maximum Gasteiger partial charge on any atom is 0.257 e. The number of likely N-dealkylation sites (N-methyl/N-ethyl adjacent to an activating group) is 1. The van der Waals surface area contributed by atoms with E-state index in [1.807, 2.05) is 42.3 Å². The molecule has 0 saturated carbocycles. The molecule has 0 aliphatic carbocycles. The first-order valence-electron chi connectivity index (χ1n) is 9.62. The molecule has 0 radical (unpaired) electrons. The van der Waals surface area contributed by atoms with Crippen LogP contribution in [0, 0.1) is 0 Å². The molecular weight excluding hydrogens is 378 g/mol. The molecule has 6 heteroatoms. The highest BCUT2D eigenvalue weighted by atomic mass is 16.5. The Bertz CT molecular complexity index is 988. The lowest BCUT2D eigenvalue weighted by Crippen LogP contribution is -2.30. The smallest absolute Gasteiger partial charge is 0.257 e. The predicted octanol–water partition coefficient (Wildman–Crippen LogP) is 4.02. The van der Waals surface area contributed by atoms with Crippen molar-refractivity contribution in [2.45, 2.75) is 6.54 Å². The number of hydrogen-bond acceptors (Lipinski definition) is 4. The van der Waals surface area contributed by atoms with Crippen LogP contribution in [0.1, 0.15) is 15.9 Å². The van der Waals surface area contributed by atoms with Gasteiger partial charge < -0.3 is 15.4 Å². The molecule has 2 amide bonds. The number of nitrogens with one attached hydrogen (secondary N) is 2. The second-order valence-corrected chi connectivity index (χ2v) is 6.93. The summed E-state index contributed by atoms with van der Waals surface area (Å²) in [6, 6.07) is 24.0. The van der Waals surface area contributed by atoms with Crippen molar-refractivity contribution in [1.82, 2.24) is 4.90 Å². The van der Waals surface area contributed by atoms with Gasteiger partial charge in [0.1, 0.15) is 5.75 Å². The summed E-state index contributed by atoms with van der Waals surface area (Å²) in [5.41, 5.74) is 2.64. The number of benzene rings is 3. The third kappa shape index (κ3) is 5.93. The Balaban J connectivity index is 1.62. The SMILES string of the molecule is COc1ccc(NC(=O)c2ccccc2NC(=O)CN(C)Cc2ccccc2)cc1. The summed E-state index contributed by atoms with van der Waals surface area (Å²) < 4.78 is 5.13. The number of carbonyl (C=O) groups excluding carboxylic acids is 2. The third-order valence-electron chi connectivity index (χ3n) is 4.50. The lowest BCUT2D eigenvalue weighted by Gasteiger charge is -2.17. The van der Waals surface area contributed by atoms with Crippen molar-refractivity contribution in [3.05, 3.63) is 90.0 Å². The third-order valence-corrected chi connectivity index (χ3v) is 4.50. The number of nitrogens with zero attached hydrogens (tertiary/aromatic N) is 1. The average Bonchev–Trinajstić information content (AvgIpc) is 2.75. The zero-order valence-electron chi connectivity index (χ0n) is 17.1. The van der Waals surface area contributed by atoms with Gasteiger partial charge in [-0.3, -0.25) is 14.5 Å². The molecule has 6 nitrogen and oxygen atoms in total. The van der Waals surface area contributed by atoms with Crippen LogP contribution in [0.4, 0.5) is 11.4 Å². The standard InChI is InChI=1S/C24H25N3O3/c1-27(16-18-8-4-3-5-9-18)17-23(28)26-22-11-7-6-10-21(22)24(29)25-19-12-14-20(30-2)15-13-19/h3-15H,16-17H2,1-2H3,(H,25,29)(H,26,28). The predicted molar refractivity (Wildman–Crippen MR) is 119 cm³/mol. The van der Waals surface area contributed by atoms with Crippen molar-refractivity contribution in [3.63, 3.8) is 0 Å². The fourth-order valence-corrected chi connectivity index (χ4v) is 3.05. The number of para-hydroxylation sites is 1. The van der Waals surface area contributed by atoms with Crippen LogP contribution >= 0.6 is 0 Å². The Kier molecular flexibility index (Phi) is 7.19. The molecule has 0 aromatic heterocycles. The number of amides is 2. The minimum atomic E-state index is -0.297. The maximum absolute atomic E-state index is 12.7. The minimum Gasteiger partial charge on any atom is -0.497 e. The second kappa shape index (κ2) is 10.2. The Morgan fingerprint density at radius 3 is 2.23 bits per heavy atom. The van der Waals surface area contributed by atoms with E-state index >= 15 is 0 Å². The van der Waals surface area contributed by atoms with Gasteiger partial charge in [-0.25, -0.2) is 0 Å². The van der Waals surface area contributed by atoms with Crippen molar-refractivity contribution < 1.29 is 14.3 Å². The Morgan fingerprint density at radius 1 is 0.867 bits per heavy atom. The molecule has 30 heavy (non-hydrogen) atoms. The lowest BCUT2D eigenvalue weighted by molar-refractivity contribution is -0.117. The first-order chi connectivity index (χ1) is 14.5. The Labute approximate surface area is 176 Å². The lowest BCUT2D eigenvalue weighted by atomic mass is 10.1. The first kappa shape index (κ1) is 21.1. The largest absolute Gasteiger partial charge is 0.497 e. The molecule has 0 fully saturated rings. The molecule has 0 aliphatic rings. The summed E-state index contributed by atoms with van der Waals surface area (Å²) >= 11 is 0. The van der Waals surface area contributed by atoms with Crippen LogP contribution in [-0.2, 0) is 11.3 Å². The highest BCUT2D eigenvalue weighted by Gasteiger charge is 2.14. The van der Waals surface area contributed by atoms with E-state index in [1.165, 1.54) is 0 Å². The van der Waals surface area contributed by atoms with E-state index in [1.54, 1.807) is 55.6 Å². The van der Waals surface area contributed by atoms with Crippen LogP contribution < -0.4 is 15.4 Å². The van der Waals surface area contributed by atoms with E-state index in [9.17, 15) is 9.59 Å². The molecule has 3 rings (SSSR count). The molecule has 0 saturated heterocycles. The van der Waals surface area contributed by atoms with E-state index in [4.69, 9.17) is 4.74 Å². The number of hydrogen-bond donors (Lipinski definition) is 2. The van der Waals surface area contributed by atoms with Crippen LogP contribution in [-0.4, -0.2) is 37.4 Å². The molecule has 3 aromatic carbocycles. The highest BCUT2D eigenvalue weighted by Crippen LogP contribution is 2.19. The van der Waals surface area contributed by atoms with Crippen LogP contribution in [0.5, 0.6) is 5.75 Å². The zero-order valence-corrected chi connectivity index (χ0v) is 17.1. The van der Waals surface area contributed by atoms with Gasteiger partial charge in [-0.1, -0.05) is 42.5 Å². The van der Waals surface area contributed by atoms with Crippen molar-refractivity contribution in [2.24, 2.45) is 0 Å². The van der Waals surface area contributed by atoms with Crippen LogP contribution in [0.15, 0.2) is 78.9 Å². The number of anilines is 2. The molecule has 0 unspecified atom stereocenters. The quantitative estimate of drug-likeness (QED) is 0.596. The molecule has 0 atom stereocenters. The second-order valence-electron chi connectivity index (χ2n) is 6.93.